The molecule has 0 saturated carbocycles. The third kappa shape index (κ3) is 3.21. The second kappa shape index (κ2) is 6.92. The molecule has 0 bridgehead atoms. The minimum Gasteiger partial charge on any atom is -0.496 e. The molecule has 3 rings (SSSR count). The lowest BCUT2D eigenvalue weighted by molar-refractivity contribution is 0.101. The molecule has 0 atom stereocenters. The summed E-state index contributed by atoms with van der Waals surface area (Å²) in [6, 6.07) is 9.18. The maximum atomic E-state index is 12.5. The lowest BCUT2D eigenvalue weighted by atomic mass is 10.1. The predicted molar refractivity (Wildman–Crippen MR) is 91.5 cm³/mol. The van der Waals surface area contributed by atoms with E-state index in [1.165, 1.54) is 11.8 Å². The fourth-order valence-corrected chi connectivity index (χ4v) is 3.10. The first-order chi connectivity index (χ1) is 11.6. The van der Waals surface area contributed by atoms with Crippen LogP contribution in [0.25, 0.3) is 11.6 Å². The van der Waals surface area contributed by atoms with Gasteiger partial charge >= 0.3 is 0 Å². The third-order valence-corrected chi connectivity index (χ3v) is 4.58. The molecule has 2 aromatic heterocycles. The molecule has 24 heavy (non-hydrogen) atoms. The fraction of sp³-hybridized carbons (Fsp3) is 0.235. The molecule has 0 aliphatic rings. The van der Waals surface area contributed by atoms with Crippen LogP contribution in [0.3, 0.4) is 0 Å². The minimum absolute atomic E-state index is 0.0110. The highest BCUT2D eigenvalue weighted by atomic mass is 32.2. The molecule has 124 valence electrons. The Labute approximate surface area is 143 Å². The average molecular weight is 343 g/mol. The number of furan rings is 1. The molecule has 0 radical (unpaired) electrons. The summed E-state index contributed by atoms with van der Waals surface area (Å²) in [5.74, 6) is 2.10. The molecule has 0 aliphatic carbocycles. The normalized spacial score (nSPS) is 10.8. The van der Waals surface area contributed by atoms with Gasteiger partial charge in [-0.3, -0.25) is 4.79 Å². The number of hydrogen-bond acceptors (Lipinski definition) is 6. The van der Waals surface area contributed by atoms with E-state index in [-0.39, 0.29) is 11.5 Å². The van der Waals surface area contributed by atoms with Crippen molar-refractivity contribution in [1.82, 2.24) is 14.8 Å². The largest absolute Gasteiger partial charge is 0.496 e. The van der Waals surface area contributed by atoms with Crippen LogP contribution < -0.4 is 4.74 Å². The standard InChI is InChI=1S/C17H17N3O3S/c1-11-6-7-14(22-3)12(9-11)13(21)10-24-17-19-18-16(20(17)2)15-5-4-8-23-15/h4-9H,10H2,1-3H3. The maximum absolute atomic E-state index is 12.5. The van der Waals surface area contributed by atoms with E-state index in [1.807, 2.05) is 42.8 Å². The number of hydrogen-bond donors (Lipinski definition) is 0. The number of carbonyl (C=O) groups excluding carboxylic acids is 1. The van der Waals surface area contributed by atoms with Crippen LogP contribution in [0.15, 0.2) is 46.2 Å². The summed E-state index contributed by atoms with van der Waals surface area (Å²) < 4.78 is 12.4. The van der Waals surface area contributed by atoms with Crippen molar-refractivity contribution in [3.8, 4) is 17.3 Å². The van der Waals surface area contributed by atoms with Crippen molar-refractivity contribution >= 4 is 17.5 Å². The Morgan fingerprint density at radius 1 is 1.33 bits per heavy atom. The smallest absolute Gasteiger partial charge is 0.200 e. The molecule has 7 heteroatoms. The van der Waals surface area contributed by atoms with Gasteiger partial charge in [-0.15, -0.1) is 10.2 Å². The molecule has 2 heterocycles. The van der Waals surface area contributed by atoms with Crippen LogP contribution >= 0.6 is 11.8 Å². The van der Waals surface area contributed by atoms with Gasteiger partial charge in [0, 0.05) is 7.05 Å². The topological polar surface area (TPSA) is 70.2 Å². The Balaban J connectivity index is 1.75. The summed E-state index contributed by atoms with van der Waals surface area (Å²) in [4.78, 5) is 12.5. The van der Waals surface area contributed by atoms with Crippen LogP contribution in [0.5, 0.6) is 5.75 Å². The van der Waals surface area contributed by atoms with Crippen molar-refractivity contribution in [3.05, 3.63) is 47.7 Å². The van der Waals surface area contributed by atoms with Crippen LogP contribution in [-0.2, 0) is 7.05 Å². The summed E-state index contributed by atoms with van der Waals surface area (Å²) in [5.41, 5.74) is 1.60. The number of benzene rings is 1. The van der Waals surface area contributed by atoms with Gasteiger partial charge in [0.25, 0.3) is 0 Å². The van der Waals surface area contributed by atoms with E-state index in [9.17, 15) is 4.79 Å². The Morgan fingerprint density at radius 2 is 2.17 bits per heavy atom. The van der Waals surface area contributed by atoms with Gasteiger partial charge in [0.15, 0.2) is 22.5 Å². The van der Waals surface area contributed by atoms with E-state index in [1.54, 1.807) is 19.4 Å². The maximum Gasteiger partial charge on any atom is 0.200 e. The Morgan fingerprint density at radius 3 is 2.88 bits per heavy atom. The first kappa shape index (κ1) is 16.3. The molecular weight excluding hydrogens is 326 g/mol. The van der Waals surface area contributed by atoms with E-state index in [0.717, 1.165) is 5.56 Å². The van der Waals surface area contributed by atoms with Crippen LogP contribution in [0.4, 0.5) is 0 Å². The lowest BCUT2D eigenvalue weighted by Crippen LogP contribution is -2.06. The van der Waals surface area contributed by atoms with Crippen molar-refractivity contribution in [1.29, 1.82) is 0 Å². The number of nitrogens with zero attached hydrogens (tertiary/aromatic N) is 3. The number of methoxy groups -OCH3 is 1. The van der Waals surface area contributed by atoms with Crippen LogP contribution in [0, 0.1) is 6.92 Å². The van der Waals surface area contributed by atoms with E-state index < -0.39 is 0 Å². The van der Waals surface area contributed by atoms with Gasteiger partial charge in [0.05, 0.1) is 24.7 Å². The van der Waals surface area contributed by atoms with E-state index in [0.29, 0.717) is 28.1 Å². The van der Waals surface area contributed by atoms with Gasteiger partial charge in [-0.25, -0.2) is 0 Å². The number of carbonyl (C=O) groups is 1. The van der Waals surface area contributed by atoms with Crippen molar-refractivity contribution in [3.63, 3.8) is 0 Å². The van der Waals surface area contributed by atoms with Crippen molar-refractivity contribution in [2.75, 3.05) is 12.9 Å². The minimum atomic E-state index is -0.0110. The molecule has 0 spiro atoms. The Kier molecular flexibility index (Phi) is 4.71. The van der Waals surface area contributed by atoms with Crippen molar-refractivity contribution in [2.45, 2.75) is 12.1 Å². The Hall–Kier alpha value is -2.54. The fourth-order valence-electron chi connectivity index (χ4n) is 2.31. The Bertz CT molecular complexity index is 856. The van der Waals surface area contributed by atoms with E-state index in [2.05, 4.69) is 10.2 Å². The highest BCUT2D eigenvalue weighted by Gasteiger charge is 2.17. The monoisotopic (exact) mass is 343 g/mol. The predicted octanol–water partition coefficient (Wildman–Crippen LogP) is 3.37. The SMILES string of the molecule is COc1ccc(C)cc1C(=O)CSc1nnc(-c2ccco2)n1C. The van der Waals surface area contributed by atoms with E-state index >= 15 is 0 Å². The molecule has 0 saturated heterocycles. The number of ether oxygens (including phenoxy) is 1. The molecule has 0 aliphatic heterocycles. The van der Waals surface area contributed by atoms with Crippen molar-refractivity contribution < 1.29 is 13.9 Å². The zero-order valence-electron chi connectivity index (χ0n) is 13.6. The number of aryl methyl sites for hydroxylation is 1. The number of Topliss-reactive ketones (excluding diaryl/α,β-unsaturated/α-hetero) is 1. The molecule has 6 nitrogen and oxygen atoms in total. The highest BCUT2D eigenvalue weighted by Crippen LogP contribution is 2.26. The van der Waals surface area contributed by atoms with Gasteiger partial charge in [-0.1, -0.05) is 23.4 Å². The van der Waals surface area contributed by atoms with Crippen molar-refractivity contribution in [2.24, 2.45) is 7.05 Å². The van der Waals surface area contributed by atoms with Crippen LogP contribution in [-0.4, -0.2) is 33.4 Å². The number of thioether (sulfide) groups is 1. The molecular formula is C17H17N3O3S. The summed E-state index contributed by atoms with van der Waals surface area (Å²) in [5, 5.41) is 8.90. The van der Waals surface area contributed by atoms with Crippen LogP contribution in [0.2, 0.25) is 0 Å². The zero-order chi connectivity index (χ0) is 17.1. The molecule has 0 unspecified atom stereocenters. The third-order valence-electron chi connectivity index (χ3n) is 3.56. The lowest BCUT2D eigenvalue weighted by Gasteiger charge is -2.08. The second-order valence-electron chi connectivity index (χ2n) is 5.26. The molecule has 3 aromatic rings. The first-order valence-corrected chi connectivity index (χ1v) is 8.32. The summed E-state index contributed by atoms with van der Waals surface area (Å²) in [6.45, 7) is 1.95. The number of ketones is 1. The summed E-state index contributed by atoms with van der Waals surface area (Å²) >= 11 is 1.34. The molecule has 0 fully saturated rings. The summed E-state index contributed by atoms with van der Waals surface area (Å²) in [6.07, 6.45) is 1.59. The number of rotatable bonds is 6. The average Bonchev–Trinajstić information content (AvgIpc) is 3.22. The van der Waals surface area contributed by atoms with Gasteiger partial charge in [0.2, 0.25) is 0 Å². The van der Waals surface area contributed by atoms with Gasteiger partial charge in [-0.2, -0.15) is 0 Å². The molecule has 0 amide bonds. The molecule has 0 N–H and O–H groups in total. The highest BCUT2D eigenvalue weighted by molar-refractivity contribution is 7.99. The van der Waals surface area contributed by atoms with Gasteiger partial charge in [-0.05, 0) is 31.2 Å². The van der Waals surface area contributed by atoms with E-state index in [4.69, 9.17) is 9.15 Å². The van der Waals surface area contributed by atoms with Gasteiger partial charge < -0.3 is 13.7 Å². The quantitative estimate of drug-likeness (QED) is 0.505. The second-order valence-corrected chi connectivity index (χ2v) is 6.20. The number of aromatic nitrogens is 3. The zero-order valence-corrected chi connectivity index (χ0v) is 14.5. The van der Waals surface area contributed by atoms with Gasteiger partial charge in [0.1, 0.15) is 5.75 Å². The summed E-state index contributed by atoms with van der Waals surface area (Å²) in [7, 11) is 3.41. The molecule has 1 aromatic carbocycles. The first-order valence-electron chi connectivity index (χ1n) is 7.34. The van der Waals surface area contributed by atoms with Crippen LogP contribution in [0.1, 0.15) is 15.9 Å².